The number of hydrogen-bond donors (Lipinski definition) is 2. The van der Waals surface area contributed by atoms with Crippen LogP contribution in [-0.4, -0.2) is 11.7 Å². The first-order valence-corrected chi connectivity index (χ1v) is 3.53. The molecule has 0 aliphatic carbocycles. The van der Waals surface area contributed by atoms with Crippen LogP contribution >= 0.6 is 0 Å². The maximum Gasteiger partial charge on any atom is 0.144 e. The minimum Gasteiger partial charge on any atom is -0.509 e. The molecule has 0 aromatic heterocycles. The molecule has 0 aliphatic rings. The van der Waals surface area contributed by atoms with Crippen LogP contribution in [0.5, 0.6) is 5.75 Å². The van der Waals surface area contributed by atoms with Crippen molar-refractivity contribution in [3.05, 3.63) is 36.6 Å². The Balaban J connectivity index is 2.53. The molecule has 0 atom stereocenters. The predicted molar refractivity (Wildman–Crippen MR) is 48.1 cm³/mol. The van der Waals surface area contributed by atoms with E-state index in [0.717, 1.165) is 0 Å². The Kier molecular flexibility index (Phi) is 2.58. The second-order valence-electron chi connectivity index (χ2n) is 2.42. The van der Waals surface area contributed by atoms with Gasteiger partial charge in [0.2, 0.25) is 0 Å². The van der Waals surface area contributed by atoms with E-state index in [2.05, 4.69) is 6.58 Å². The second-order valence-corrected chi connectivity index (χ2v) is 2.42. The molecule has 3 heteroatoms. The molecular weight excluding hydrogens is 154 g/mol. The van der Waals surface area contributed by atoms with Crippen molar-refractivity contribution in [2.75, 3.05) is 12.3 Å². The molecule has 0 unspecified atom stereocenters. The van der Waals surface area contributed by atoms with Crippen LogP contribution in [-0.2, 0) is 0 Å². The zero-order chi connectivity index (χ0) is 8.97. The first-order valence-electron chi connectivity index (χ1n) is 3.53. The standard InChI is InChI=1S/C9H11NO2/c1-7(11)6-12-9-4-2-8(10)3-5-9/h2-5,11H,1,6,10H2. The van der Waals surface area contributed by atoms with Crippen LogP contribution < -0.4 is 10.5 Å². The third-order valence-electron chi connectivity index (χ3n) is 1.29. The van der Waals surface area contributed by atoms with Crippen LogP contribution in [0.4, 0.5) is 5.69 Å². The second kappa shape index (κ2) is 3.67. The van der Waals surface area contributed by atoms with E-state index in [9.17, 15) is 0 Å². The van der Waals surface area contributed by atoms with Gasteiger partial charge < -0.3 is 15.6 Å². The summed E-state index contributed by atoms with van der Waals surface area (Å²) in [4.78, 5) is 0. The third kappa shape index (κ3) is 2.54. The summed E-state index contributed by atoms with van der Waals surface area (Å²) in [6.45, 7) is 3.41. The van der Waals surface area contributed by atoms with Gasteiger partial charge >= 0.3 is 0 Å². The number of hydrogen-bond acceptors (Lipinski definition) is 3. The van der Waals surface area contributed by atoms with Crippen molar-refractivity contribution in [1.29, 1.82) is 0 Å². The monoisotopic (exact) mass is 165 g/mol. The van der Waals surface area contributed by atoms with Crippen molar-refractivity contribution >= 4 is 5.69 Å². The molecular formula is C9H11NO2. The van der Waals surface area contributed by atoms with E-state index in [0.29, 0.717) is 11.4 Å². The number of nitrogen functional groups attached to an aromatic ring is 1. The molecule has 0 radical (unpaired) electrons. The number of ether oxygens (including phenoxy) is 1. The maximum absolute atomic E-state index is 8.72. The fourth-order valence-corrected chi connectivity index (χ4v) is 0.731. The topological polar surface area (TPSA) is 55.5 Å². The lowest BCUT2D eigenvalue weighted by atomic mass is 10.3. The van der Waals surface area contributed by atoms with Gasteiger partial charge in [-0.2, -0.15) is 0 Å². The fraction of sp³-hybridized carbons (Fsp3) is 0.111. The molecule has 0 heterocycles. The van der Waals surface area contributed by atoms with Crippen LogP contribution in [0.3, 0.4) is 0 Å². The zero-order valence-electron chi connectivity index (χ0n) is 6.66. The minimum atomic E-state index is 0.00632. The Bertz CT molecular complexity index is 266. The summed E-state index contributed by atoms with van der Waals surface area (Å²) in [6.07, 6.45) is 0. The molecule has 0 fully saturated rings. The lowest BCUT2D eigenvalue weighted by Crippen LogP contribution is -1.99. The largest absolute Gasteiger partial charge is 0.509 e. The SMILES string of the molecule is C=C(O)COc1ccc(N)cc1. The van der Waals surface area contributed by atoms with Crippen molar-refractivity contribution in [3.8, 4) is 5.75 Å². The van der Waals surface area contributed by atoms with Gasteiger partial charge in [-0.05, 0) is 24.3 Å². The van der Waals surface area contributed by atoms with E-state index in [1.54, 1.807) is 24.3 Å². The predicted octanol–water partition coefficient (Wildman–Crippen LogP) is 1.72. The van der Waals surface area contributed by atoms with Gasteiger partial charge in [-0.25, -0.2) is 0 Å². The molecule has 64 valence electrons. The molecule has 0 saturated carbocycles. The highest BCUT2D eigenvalue weighted by atomic mass is 16.5. The van der Waals surface area contributed by atoms with Gasteiger partial charge in [0.25, 0.3) is 0 Å². The Hall–Kier alpha value is -1.64. The van der Waals surface area contributed by atoms with Crippen LogP contribution in [0, 0.1) is 0 Å². The average Bonchev–Trinajstić information content (AvgIpc) is 2.03. The Morgan fingerprint density at radius 1 is 1.42 bits per heavy atom. The molecule has 0 saturated heterocycles. The van der Waals surface area contributed by atoms with Crippen LogP contribution in [0.1, 0.15) is 0 Å². The minimum absolute atomic E-state index is 0.00632. The van der Waals surface area contributed by atoms with Gasteiger partial charge in [0.15, 0.2) is 0 Å². The smallest absolute Gasteiger partial charge is 0.144 e. The van der Waals surface area contributed by atoms with E-state index < -0.39 is 0 Å². The number of benzene rings is 1. The Morgan fingerprint density at radius 3 is 2.50 bits per heavy atom. The van der Waals surface area contributed by atoms with Gasteiger partial charge in [0, 0.05) is 5.69 Å². The average molecular weight is 165 g/mol. The van der Waals surface area contributed by atoms with Crippen molar-refractivity contribution in [2.24, 2.45) is 0 Å². The van der Waals surface area contributed by atoms with E-state index in [1.165, 1.54) is 0 Å². The summed E-state index contributed by atoms with van der Waals surface area (Å²) >= 11 is 0. The molecule has 0 spiro atoms. The van der Waals surface area contributed by atoms with E-state index in [1.807, 2.05) is 0 Å². The van der Waals surface area contributed by atoms with Gasteiger partial charge in [-0.15, -0.1) is 0 Å². The van der Waals surface area contributed by atoms with E-state index in [4.69, 9.17) is 15.6 Å². The van der Waals surface area contributed by atoms with Gasteiger partial charge in [-0.1, -0.05) is 6.58 Å². The summed E-state index contributed by atoms with van der Waals surface area (Å²) in [5.74, 6) is 0.672. The zero-order valence-corrected chi connectivity index (χ0v) is 6.66. The number of anilines is 1. The number of aliphatic hydroxyl groups excluding tert-OH is 1. The molecule has 0 bridgehead atoms. The van der Waals surface area contributed by atoms with Crippen LogP contribution in [0.15, 0.2) is 36.6 Å². The van der Waals surface area contributed by atoms with Crippen molar-refractivity contribution in [1.82, 2.24) is 0 Å². The summed E-state index contributed by atoms with van der Waals surface area (Å²) in [7, 11) is 0. The van der Waals surface area contributed by atoms with Gasteiger partial charge in [0.1, 0.15) is 18.1 Å². The van der Waals surface area contributed by atoms with Gasteiger partial charge in [-0.3, -0.25) is 0 Å². The third-order valence-corrected chi connectivity index (χ3v) is 1.29. The number of aliphatic hydroxyl groups is 1. The quantitative estimate of drug-likeness (QED) is 0.529. The molecule has 1 aromatic carbocycles. The lowest BCUT2D eigenvalue weighted by molar-refractivity contribution is 0.272. The molecule has 0 amide bonds. The first-order chi connectivity index (χ1) is 5.68. The summed E-state index contributed by atoms with van der Waals surface area (Å²) in [6, 6.07) is 6.93. The summed E-state index contributed by atoms with van der Waals surface area (Å²) in [5.41, 5.74) is 6.15. The van der Waals surface area contributed by atoms with Gasteiger partial charge in [0.05, 0.1) is 0 Å². The van der Waals surface area contributed by atoms with Crippen molar-refractivity contribution in [3.63, 3.8) is 0 Å². The van der Waals surface area contributed by atoms with E-state index >= 15 is 0 Å². The first kappa shape index (κ1) is 8.46. The fourth-order valence-electron chi connectivity index (χ4n) is 0.731. The number of nitrogens with two attached hydrogens (primary N) is 1. The molecule has 3 N–H and O–H groups in total. The number of rotatable bonds is 3. The Labute approximate surface area is 71.1 Å². The highest BCUT2D eigenvalue weighted by Gasteiger charge is 1.93. The molecule has 1 aromatic rings. The van der Waals surface area contributed by atoms with Crippen LogP contribution in [0.25, 0.3) is 0 Å². The van der Waals surface area contributed by atoms with Crippen LogP contribution in [0.2, 0.25) is 0 Å². The molecule has 1 rings (SSSR count). The highest BCUT2D eigenvalue weighted by Crippen LogP contribution is 2.13. The molecule has 0 aliphatic heterocycles. The summed E-state index contributed by atoms with van der Waals surface area (Å²) in [5, 5.41) is 8.72. The maximum atomic E-state index is 8.72. The molecule has 3 nitrogen and oxygen atoms in total. The summed E-state index contributed by atoms with van der Waals surface area (Å²) < 4.78 is 5.12. The highest BCUT2D eigenvalue weighted by molar-refractivity contribution is 5.41. The van der Waals surface area contributed by atoms with Crippen molar-refractivity contribution in [2.45, 2.75) is 0 Å². The lowest BCUT2D eigenvalue weighted by Gasteiger charge is -2.04. The normalized spacial score (nSPS) is 9.33. The van der Waals surface area contributed by atoms with Crippen molar-refractivity contribution < 1.29 is 9.84 Å². The molecule has 12 heavy (non-hydrogen) atoms. The Morgan fingerprint density at radius 2 is 2.00 bits per heavy atom. The van der Waals surface area contributed by atoms with E-state index in [-0.39, 0.29) is 12.4 Å².